The van der Waals surface area contributed by atoms with Crippen molar-refractivity contribution in [1.82, 2.24) is 15.2 Å². The molecule has 4 heterocycles. The molecular weight excluding hydrogens is 398 g/mol. The van der Waals surface area contributed by atoms with Crippen LogP contribution in [-0.2, 0) is 23.7 Å². The summed E-state index contributed by atoms with van der Waals surface area (Å²) in [6, 6.07) is 3.87. The van der Waals surface area contributed by atoms with Crippen molar-refractivity contribution in [3.63, 3.8) is 0 Å². The SMILES string of the molecule is CC1=C(CC2COC(C)OC2)N(CC(=O)NCC2CCOCC2)C(c2ccncc2)O1. The van der Waals surface area contributed by atoms with Crippen LogP contribution in [-0.4, -0.2) is 61.6 Å². The van der Waals surface area contributed by atoms with E-state index >= 15 is 0 Å². The number of nitrogens with zero attached hydrogens (tertiary/aromatic N) is 2. The normalized spacial score (nSPS) is 27.3. The molecule has 1 amide bonds. The van der Waals surface area contributed by atoms with Gasteiger partial charge in [0.05, 0.1) is 18.9 Å². The Morgan fingerprint density at radius 3 is 2.58 bits per heavy atom. The van der Waals surface area contributed by atoms with Crippen molar-refractivity contribution in [3.05, 3.63) is 41.5 Å². The fourth-order valence-corrected chi connectivity index (χ4v) is 4.31. The number of ether oxygens (including phenoxy) is 4. The van der Waals surface area contributed by atoms with Gasteiger partial charge in [0.2, 0.25) is 5.91 Å². The van der Waals surface area contributed by atoms with Crippen LogP contribution in [0.15, 0.2) is 36.0 Å². The molecule has 0 bridgehead atoms. The Hall–Kier alpha value is -2.16. The fourth-order valence-electron chi connectivity index (χ4n) is 4.31. The summed E-state index contributed by atoms with van der Waals surface area (Å²) in [6.07, 6.45) is 5.74. The van der Waals surface area contributed by atoms with Crippen molar-refractivity contribution in [2.24, 2.45) is 11.8 Å². The van der Waals surface area contributed by atoms with E-state index in [0.717, 1.165) is 49.5 Å². The maximum absolute atomic E-state index is 12.9. The number of aromatic nitrogens is 1. The Morgan fingerprint density at radius 2 is 1.87 bits per heavy atom. The third-order valence-corrected chi connectivity index (χ3v) is 6.17. The second-order valence-electron chi connectivity index (χ2n) is 8.55. The van der Waals surface area contributed by atoms with Gasteiger partial charge in [-0.05, 0) is 51.2 Å². The minimum Gasteiger partial charge on any atom is -0.469 e. The highest BCUT2D eigenvalue weighted by molar-refractivity contribution is 5.78. The summed E-state index contributed by atoms with van der Waals surface area (Å²) in [5.74, 6) is 1.57. The molecule has 2 saturated heterocycles. The first-order valence-corrected chi connectivity index (χ1v) is 11.2. The Labute approximate surface area is 183 Å². The molecule has 3 aliphatic heterocycles. The van der Waals surface area contributed by atoms with Gasteiger partial charge in [-0.2, -0.15) is 0 Å². The Balaban J connectivity index is 1.43. The number of hydrogen-bond donors (Lipinski definition) is 1. The van der Waals surface area contributed by atoms with Gasteiger partial charge in [0.25, 0.3) is 0 Å². The van der Waals surface area contributed by atoms with E-state index in [1.54, 1.807) is 12.4 Å². The van der Waals surface area contributed by atoms with Crippen LogP contribution < -0.4 is 5.32 Å². The van der Waals surface area contributed by atoms with Crippen LogP contribution in [0.25, 0.3) is 0 Å². The van der Waals surface area contributed by atoms with Crippen LogP contribution in [0.4, 0.5) is 0 Å². The summed E-state index contributed by atoms with van der Waals surface area (Å²) in [7, 11) is 0. The van der Waals surface area contributed by atoms with E-state index in [1.807, 2.05) is 26.0 Å². The van der Waals surface area contributed by atoms with E-state index in [1.165, 1.54) is 0 Å². The standard InChI is InChI=1S/C23H33N3O5/c1-16-21(11-19-14-29-17(2)30-15-19)26(23(31-16)20-3-7-24-8-4-20)13-22(27)25-12-18-5-9-28-10-6-18/h3-4,7-8,17-19,23H,5-6,9-15H2,1-2H3,(H,25,27). The summed E-state index contributed by atoms with van der Waals surface area (Å²) < 4.78 is 23.0. The molecule has 4 rings (SSSR count). The molecule has 1 N–H and O–H groups in total. The lowest BCUT2D eigenvalue weighted by Gasteiger charge is -2.31. The minimum atomic E-state index is -0.337. The quantitative estimate of drug-likeness (QED) is 0.711. The van der Waals surface area contributed by atoms with Gasteiger partial charge in [-0.1, -0.05) is 0 Å². The van der Waals surface area contributed by atoms with E-state index < -0.39 is 0 Å². The zero-order valence-electron chi connectivity index (χ0n) is 18.4. The van der Waals surface area contributed by atoms with Crippen molar-refractivity contribution < 1.29 is 23.7 Å². The van der Waals surface area contributed by atoms with E-state index in [2.05, 4.69) is 15.2 Å². The second-order valence-corrected chi connectivity index (χ2v) is 8.55. The second kappa shape index (κ2) is 10.4. The molecule has 1 aromatic rings. The molecule has 3 aliphatic rings. The lowest BCUT2D eigenvalue weighted by molar-refractivity contribution is -0.190. The highest BCUT2D eigenvalue weighted by Crippen LogP contribution is 2.39. The molecule has 0 saturated carbocycles. The average Bonchev–Trinajstić information content (AvgIpc) is 3.10. The van der Waals surface area contributed by atoms with E-state index in [4.69, 9.17) is 18.9 Å². The largest absolute Gasteiger partial charge is 0.469 e. The first-order valence-electron chi connectivity index (χ1n) is 11.2. The summed E-state index contributed by atoms with van der Waals surface area (Å²) >= 11 is 0. The predicted octanol–water partition coefficient (Wildman–Crippen LogP) is 2.59. The smallest absolute Gasteiger partial charge is 0.239 e. The first-order chi connectivity index (χ1) is 15.1. The Kier molecular flexibility index (Phi) is 7.42. The topological polar surface area (TPSA) is 82.2 Å². The monoisotopic (exact) mass is 431 g/mol. The molecule has 0 aromatic carbocycles. The van der Waals surface area contributed by atoms with Crippen molar-refractivity contribution >= 4 is 5.91 Å². The third-order valence-electron chi connectivity index (χ3n) is 6.17. The molecule has 8 nitrogen and oxygen atoms in total. The van der Waals surface area contributed by atoms with E-state index in [0.29, 0.717) is 25.7 Å². The van der Waals surface area contributed by atoms with Crippen molar-refractivity contribution in [2.75, 3.05) is 39.5 Å². The summed E-state index contributed by atoms with van der Waals surface area (Å²) in [5, 5.41) is 3.12. The number of amides is 1. The van der Waals surface area contributed by atoms with Gasteiger partial charge in [-0.25, -0.2) is 0 Å². The molecule has 0 spiro atoms. The van der Waals surface area contributed by atoms with Gasteiger partial charge >= 0.3 is 0 Å². The van der Waals surface area contributed by atoms with E-state index in [9.17, 15) is 4.79 Å². The molecule has 0 radical (unpaired) electrons. The first kappa shape index (κ1) is 22.0. The Bertz CT molecular complexity index is 758. The predicted molar refractivity (Wildman–Crippen MR) is 113 cm³/mol. The van der Waals surface area contributed by atoms with Gasteiger partial charge in [0.1, 0.15) is 12.3 Å². The number of carbonyl (C=O) groups is 1. The molecule has 1 aromatic heterocycles. The lowest BCUT2D eigenvalue weighted by Crippen LogP contribution is -2.40. The molecule has 8 heteroatoms. The van der Waals surface area contributed by atoms with Crippen molar-refractivity contribution in [3.8, 4) is 0 Å². The fraction of sp³-hybridized carbons (Fsp3) is 0.652. The average molecular weight is 432 g/mol. The highest BCUT2D eigenvalue weighted by Gasteiger charge is 2.36. The van der Waals surface area contributed by atoms with Crippen LogP contribution in [0.1, 0.15) is 44.9 Å². The Morgan fingerprint density at radius 1 is 1.16 bits per heavy atom. The lowest BCUT2D eigenvalue weighted by atomic mass is 10.0. The molecular formula is C23H33N3O5. The zero-order chi connectivity index (χ0) is 21.6. The van der Waals surface area contributed by atoms with Gasteiger partial charge in [0, 0.05) is 43.6 Å². The molecule has 1 atom stereocenters. The molecule has 2 fully saturated rings. The van der Waals surface area contributed by atoms with E-state index in [-0.39, 0.29) is 30.9 Å². The maximum Gasteiger partial charge on any atom is 0.239 e. The van der Waals surface area contributed by atoms with Crippen LogP contribution in [0, 0.1) is 11.8 Å². The van der Waals surface area contributed by atoms with Gasteiger partial charge in [-0.15, -0.1) is 0 Å². The number of hydrogen-bond acceptors (Lipinski definition) is 7. The van der Waals surface area contributed by atoms with Gasteiger partial charge < -0.3 is 29.2 Å². The molecule has 170 valence electrons. The number of rotatable bonds is 7. The maximum atomic E-state index is 12.9. The number of allylic oxidation sites excluding steroid dienone is 2. The van der Waals surface area contributed by atoms with Crippen LogP contribution in [0.3, 0.4) is 0 Å². The molecule has 0 aliphatic carbocycles. The third kappa shape index (κ3) is 5.75. The highest BCUT2D eigenvalue weighted by atomic mass is 16.7. The molecule has 31 heavy (non-hydrogen) atoms. The summed E-state index contributed by atoms with van der Waals surface area (Å²) in [6.45, 7) is 7.65. The minimum absolute atomic E-state index is 0.00566. The van der Waals surface area contributed by atoms with Crippen LogP contribution >= 0.6 is 0 Å². The van der Waals surface area contributed by atoms with Gasteiger partial charge in [-0.3, -0.25) is 9.78 Å². The summed E-state index contributed by atoms with van der Waals surface area (Å²) in [4.78, 5) is 19.1. The van der Waals surface area contributed by atoms with Crippen LogP contribution in [0.5, 0.6) is 0 Å². The van der Waals surface area contributed by atoms with Crippen LogP contribution in [0.2, 0.25) is 0 Å². The van der Waals surface area contributed by atoms with Crippen molar-refractivity contribution in [1.29, 1.82) is 0 Å². The van der Waals surface area contributed by atoms with Gasteiger partial charge in [0.15, 0.2) is 12.5 Å². The van der Waals surface area contributed by atoms with Crippen molar-refractivity contribution in [2.45, 2.75) is 45.6 Å². The zero-order valence-corrected chi connectivity index (χ0v) is 18.4. The number of nitrogens with one attached hydrogen (secondary N) is 1. The molecule has 1 unspecified atom stereocenters. The number of carbonyl (C=O) groups excluding carboxylic acids is 1. The summed E-state index contributed by atoms with van der Waals surface area (Å²) in [5.41, 5.74) is 2.01. The number of pyridine rings is 1.